The fourth-order valence-corrected chi connectivity index (χ4v) is 2.30. The molecular weight excluding hydrogens is 234 g/mol. The average Bonchev–Trinajstić information content (AvgIpc) is 2.87. The van der Waals surface area contributed by atoms with Gasteiger partial charge in [-0.15, -0.1) is 0 Å². The smallest absolute Gasteiger partial charge is 0.0923 e. The van der Waals surface area contributed by atoms with Crippen LogP contribution >= 0.6 is 0 Å². The summed E-state index contributed by atoms with van der Waals surface area (Å²) >= 11 is 0. The Morgan fingerprint density at radius 2 is 2.11 bits per heavy atom. The summed E-state index contributed by atoms with van der Waals surface area (Å²) in [6.45, 7) is 5.48. The summed E-state index contributed by atoms with van der Waals surface area (Å²) in [6, 6.07) is 11.2. The first-order chi connectivity index (χ1) is 9.24. The van der Waals surface area contributed by atoms with Gasteiger partial charge in [-0.25, -0.2) is 0 Å². The lowest BCUT2D eigenvalue weighted by molar-refractivity contribution is 0.518. The van der Waals surface area contributed by atoms with Crippen molar-refractivity contribution in [2.75, 3.05) is 6.54 Å². The van der Waals surface area contributed by atoms with Crippen molar-refractivity contribution >= 4 is 0 Å². The van der Waals surface area contributed by atoms with Crippen LogP contribution in [0.1, 0.15) is 38.3 Å². The van der Waals surface area contributed by atoms with Crippen molar-refractivity contribution < 1.29 is 0 Å². The second-order valence-corrected chi connectivity index (χ2v) is 4.92. The average molecular weight is 257 g/mol. The highest BCUT2D eigenvalue weighted by atomic mass is 15.2. The second kappa shape index (κ2) is 6.53. The molecule has 0 fully saturated rings. The predicted octanol–water partition coefficient (Wildman–Crippen LogP) is 3.54. The highest BCUT2D eigenvalue weighted by Crippen LogP contribution is 2.23. The minimum Gasteiger partial charge on any atom is -0.310 e. The van der Waals surface area contributed by atoms with Gasteiger partial charge in [0.25, 0.3) is 0 Å². The van der Waals surface area contributed by atoms with E-state index in [9.17, 15) is 0 Å². The lowest BCUT2D eigenvalue weighted by Gasteiger charge is -2.17. The highest BCUT2D eigenvalue weighted by Gasteiger charge is 2.09. The number of hydrogen-bond acceptors (Lipinski definition) is 2. The van der Waals surface area contributed by atoms with Gasteiger partial charge in [0.05, 0.1) is 5.69 Å². The van der Waals surface area contributed by atoms with Crippen LogP contribution in [0.2, 0.25) is 0 Å². The van der Waals surface area contributed by atoms with Crippen LogP contribution in [0.4, 0.5) is 0 Å². The van der Waals surface area contributed by atoms with Crippen molar-refractivity contribution in [2.45, 2.75) is 32.7 Å². The van der Waals surface area contributed by atoms with Crippen LogP contribution < -0.4 is 5.32 Å². The molecule has 0 spiro atoms. The molecule has 2 rings (SSSR count). The standard InChI is InChI=1S/C16H23N3/c1-4-10-17-15(5-2)13-7-6-8-14(12-13)16-9-11-19(3)18-16/h6-9,11-12,15,17H,4-5,10H2,1-3H3. The minimum atomic E-state index is 0.434. The molecule has 2 aromatic rings. The largest absolute Gasteiger partial charge is 0.310 e. The maximum Gasteiger partial charge on any atom is 0.0923 e. The van der Waals surface area contributed by atoms with Gasteiger partial charge in [0, 0.05) is 24.8 Å². The summed E-state index contributed by atoms with van der Waals surface area (Å²) < 4.78 is 1.84. The molecular formula is C16H23N3. The van der Waals surface area contributed by atoms with E-state index < -0.39 is 0 Å². The molecule has 0 aliphatic rings. The van der Waals surface area contributed by atoms with Crippen molar-refractivity contribution in [3.63, 3.8) is 0 Å². The maximum atomic E-state index is 4.47. The van der Waals surface area contributed by atoms with E-state index in [4.69, 9.17) is 0 Å². The van der Waals surface area contributed by atoms with E-state index >= 15 is 0 Å². The molecule has 1 heterocycles. The first-order valence-corrected chi connectivity index (χ1v) is 7.08. The number of rotatable bonds is 6. The van der Waals surface area contributed by atoms with E-state index in [1.807, 2.05) is 17.9 Å². The molecule has 0 saturated carbocycles. The third kappa shape index (κ3) is 3.44. The quantitative estimate of drug-likeness (QED) is 0.858. The van der Waals surface area contributed by atoms with Crippen LogP contribution in [0.25, 0.3) is 11.3 Å². The lowest BCUT2D eigenvalue weighted by atomic mass is 10.0. The van der Waals surface area contributed by atoms with Crippen molar-refractivity contribution in [3.8, 4) is 11.3 Å². The number of aromatic nitrogens is 2. The molecule has 0 aliphatic heterocycles. The van der Waals surface area contributed by atoms with Gasteiger partial charge in [-0.1, -0.05) is 32.0 Å². The van der Waals surface area contributed by atoms with Crippen LogP contribution in [0.5, 0.6) is 0 Å². The van der Waals surface area contributed by atoms with Crippen LogP contribution in [0, 0.1) is 0 Å². The predicted molar refractivity (Wildman–Crippen MR) is 80.0 cm³/mol. The van der Waals surface area contributed by atoms with E-state index in [1.54, 1.807) is 0 Å². The monoisotopic (exact) mass is 257 g/mol. The molecule has 1 atom stereocenters. The summed E-state index contributed by atoms with van der Waals surface area (Å²) in [4.78, 5) is 0. The summed E-state index contributed by atoms with van der Waals surface area (Å²) in [5.74, 6) is 0. The van der Waals surface area contributed by atoms with Crippen LogP contribution in [-0.4, -0.2) is 16.3 Å². The molecule has 0 aliphatic carbocycles. The SMILES string of the molecule is CCCNC(CC)c1cccc(-c2ccn(C)n2)c1. The molecule has 0 saturated heterocycles. The number of hydrogen-bond donors (Lipinski definition) is 1. The molecule has 3 nitrogen and oxygen atoms in total. The van der Waals surface area contributed by atoms with Gasteiger partial charge < -0.3 is 5.32 Å². The fraction of sp³-hybridized carbons (Fsp3) is 0.438. The van der Waals surface area contributed by atoms with Gasteiger partial charge in [0.2, 0.25) is 0 Å². The molecule has 1 aromatic carbocycles. The third-order valence-corrected chi connectivity index (χ3v) is 3.35. The number of aryl methyl sites for hydroxylation is 1. The van der Waals surface area contributed by atoms with Crippen molar-refractivity contribution in [2.24, 2.45) is 7.05 Å². The number of benzene rings is 1. The van der Waals surface area contributed by atoms with E-state index in [1.165, 1.54) is 11.1 Å². The maximum absolute atomic E-state index is 4.47. The van der Waals surface area contributed by atoms with E-state index in [2.05, 4.69) is 54.6 Å². The van der Waals surface area contributed by atoms with Crippen LogP contribution in [0.15, 0.2) is 36.5 Å². The Morgan fingerprint density at radius 3 is 2.74 bits per heavy atom. The van der Waals surface area contributed by atoms with Gasteiger partial charge in [-0.3, -0.25) is 4.68 Å². The molecule has 1 unspecified atom stereocenters. The zero-order valence-corrected chi connectivity index (χ0v) is 12.1. The van der Waals surface area contributed by atoms with Gasteiger partial charge in [-0.2, -0.15) is 5.10 Å². The topological polar surface area (TPSA) is 29.9 Å². The number of nitrogens with one attached hydrogen (secondary N) is 1. The summed E-state index contributed by atoms with van der Waals surface area (Å²) in [5.41, 5.74) is 3.57. The van der Waals surface area contributed by atoms with E-state index in [-0.39, 0.29) is 0 Å². The summed E-state index contributed by atoms with van der Waals surface area (Å²) in [5, 5.41) is 8.06. The molecule has 1 N–H and O–H groups in total. The third-order valence-electron chi connectivity index (χ3n) is 3.35. The zero-order valence-electron chi connectivity index (χ0n) is 12.1. The summed E-state index contributed by atoms with van der Waals surface area (Å²) in [6.07, 6.45) is 4.25. The Balaban J connectivity index is 2.22. The first-order valence-electron chi connectivity index (χ1n) is 7.08. The molecule has 0 bridgehead atoms. The Morgan fingerprint density at radius 1 is 1.26 bits per heavy atom. The Bertz CT molecular complexity index is 516. The molecule has 102 valence electrons. The normalized spacial score (nSPS) is 12.6. The van der Waals surface area contributed by atoms with Gasteiger partial charge in [-0.05, 0) is 37.1 Å². The van der Waals surface area contributed by atoms with E-state index in [0.717, 1.165) is 25.1 Å². The molecule has 0 amide bonds. The van der Waals surface area contributed by atoms with Gasteiger partial charge in [0.15, 0.2) is 0 Å². The van der Waals surface area contributed by atoms with Crippen molar-refractivity contribution in [1.82, 2.24) is 15.1 Å². The summed E-state index contributed by atoms with van der Waals surface area (Å²) in [7, 11) is 1.95. The molecule has 3 heteroatoms. The fourth-order valence-electron chi connectivity index (χ4n) is 2.30. The van der Waals surface area contributed by atoms with Crippen molar-refractivity contribution in [1.29, 1.82) is 0 Å². The lowest BCUT2D eigenvalue weighted by Crippen LogP contribution is -2.21. The zero-order chi connectivity index (χ0) is 13.7. The Kier molecular flexibility index (Phi) is 4.74. The molecule has 19 heavy (non-hydrogen) atoms. The number of nitrogens with zero attached hydrogens (tertiary/aromatic N) is 2. The van der Waals surface area contributed by atoms with Crippen molar-refractivity contribution in [3.05, 3.63) is 42.1 Å². The molecule has 1 aromatic heterocycles. The van der Waals surface area contributed by atoms with Gasteiger partial charge in [0.1, 0.15) is 0 Å². The Labute approximate surface area is 115 Å². The minimum absolute atomic E-state index is 0.434. The van der Waals surface area contributed by atoms with Crippen LogP contribution in [-0.2, 0) is 7.05 Å². The Hall–Kier alpha value is -1.61. The van der Waals surface area contributed by atoms with Crippen LogP contribution in [0.3, 0.4) is 0 Å². The second-order valence-electron chi connectivity index (χ2n) is 4.92. The van der Waals surface area contributed by atoms with E-state index in [0.29, 0.717) is 6.04 Å². The molecule has 0 radical (unpaired) electrons. The van der Waals surface area contributed by atoms with Gasteiger partial charge >= 0.3 is 0 Å². The first kappa shape index (κ1) is 13.8. The highest BCUT2D eigenvalue weighted by molar-refractivity contribution is 5.59.